The lowest BCUT2D eigenvalue weighted by Crippen LogP contribution is -2.56. The highest BCUT2D eigenvalue weighted by atomic mass is 16.9. The number of rotatable bonds is 0. The first-order chi connectivity index (χ1) is 8.80. The van der Waals surface area contributed by atoms with Crippen molar-refractivity contribution in [1.29, 1.82) is 0 Å². The minimum Gasteiger partial charge on any atom is -0.361 e. The van der Waals surface area contributed by atoms with E-state index in [1.165, 1.54) is 0 Å². The molecule has 4 rings (SSSR count). The van der Waals surface area contributed by atoms with E-state index in [9.17, 15) is 0 Å². The maximum Gasteiger partial charge on any atom is 0.224 e. The third-order valence-electron chi connectivity index (χ3n) is 4.11. The molecule has 1 spiro atoms. The maximum absolute atomic E-state index is 6.01. The van der Waals surface area contributed by atoms with Crippen LogP contribution in [0.1, 0.15) is 27.7 Å². The van der Waals surface area contributed by atoms with Gasteiger partial charge in [-0.2, -0.15) is 0 Å². The molecule has 5 atom stereocenters. The molecule has 4 heterocycles. The molecule has 0 saturated carbocycles. The van der Waals surface area contributed by atoms with Gasteiger partial charge in [-0.15, -0.1) is 0 Å². The topological polar surface area (TPSA) is 55.4 Å². The minimum atomic E-state index is -0.872. The van der Waals surface area contributed by atoms with Crippen molar-refractivity contribution in [3.63, 3.8) is 0 Å². The van der Waals surface area contributed by atoms with Gasteiger partial charge in [-0.1, -0.05) is 0 Å². The van der Waals surface area contributed by atoms with E-state index in [-0.39, 0.29) is 24.4 Å². The van der Waals surface area contributed by atoms with E-state index < -0.39 is 17.4 Å². The van der Waals surface area contributed by atoms with Crippen LogP contribution in [0.15, 0.2) is 0 Å². The largest absolute Gasteiger partial charge is 0.361 e. The van der Waals surface area contributed by atoms with Gasteiger partial charge in [-0.3, -0.25) is 0 Å². The van der Waals surface area contributed by atoms with Crippen molar-refractivity contribution < 1.29 is 28.4 Å². The molecule has 0 unspecified atom stereocenters. The second-order valence-electron chi connectivity index (χ2n) is 6.57. The van der Waals surface area contributed by atoms with Gasteiger partial charge in [0.15, 0.2) is 11.6 Å². The van der Waals surface area contributed by atoms with Crippen LogP contribution >= 0.6 is 0 Å². The summed E-state index contributed by atoms with van der Waals surface area (Å²) in [6.45, 7) is 8.38. The summed E-state index contributed by atoms with van der Waals surface area (Å²) in [6.07, 6.45) is -0.652. The van der Waals surface area contributed by atoms with Crippen molar-refractivity contribution in [3.8, 4) is 0 Å². The summed E-state index contributed by atoms with van der Waals surface area (Å²) < 4.78 is 35.5. The third kappa shape index (κ3) is 1.71. The van der Waals surface area contributed by atoms with E-state index in [1.54, 1.807) is 0 Å². The van der Waals surface area contributed by atoms with Gasteiger partial charge < -0.3 is 28.4 Å². The molecule has 19 heavy (non-hydrogen) atoms. The summed E-state index contributed by atoms with van der Waals surface area (Å²) >= 11 is 0. The molecule has 4 fully saturated rings. The average Bonchev–Trinajstić information content (AvgIpc) is 2.85. The molecule has 0 aromatic rings. The highest BCUT2D eigenvalue weighted by molar-refractivity contribution is 5.08. The Balaban J connectivity index is 1.65. The maximum atomic E-state index is 6.01. The van der Waals surface area contributed by atoms with Gasteiger partial charge in [0, 0.05) is 0 Å². The van der Waals surface area contributed by atoms with Crippen LogP contribution in [0.25, 0.3) is 0 Å². The zero-order chi connectivity index (χ0) is 13.5. The molecule has 0 aliphatic carbocycles. The van der Waals surface area contributed by atoms with Gasteiger partial charge in [0.2, 0.25) is 5.79 Å². The molecule has 0 N–H and O–H groups in total. The van der Waals surface area contributed by atoms with Crippen LogP contribution in [-0.4, -0.2) is 55.0 Å². The smallest absolute Gasteiger partial charge is 0.224 e. The molecule has 0 aromatic heterocycles. The van der Waals surface area contributed by atoms with Gasteiger partial charge in [0.1, 0.15) is 31.0 Å². The van der Waals surface area contributed by atoms with E-state index in [0.29, 0.717) is 13.2 Å². The Morgan fingerprint density at radius 3 is 2.32 bits per heavy atom. The molecule has 4 aliphatic rings. The van der Waals surface area contributed by atoms with E-state index in [0.717, 1.165) is 0 Å². The quantitative estimate of drug-likeness (QED) is 0.649. The van der Waals surface area contributed by atoms with Crippen molar-refractivity contribution in [1.82, 2.24) is 0 Å². The first-order valence-electron chi connectivity index (χ1n) is 6.80. The second-order valence-corrected chi connectivity index (χ2v) is 6.57. The number of hydrogen-bond donors (Lipinski definition) is 0. The Hall–Kier alpha value is -0.240. The summed E-state index contributed by atoms with van der Waals surface area (Å²) in [4.78, 5) is 0. The average molecular weight is 272 g/mol. The Morgan fingerprint density at radius 1 is 0.895 bits per heavy atom. The molecule has 0 aromatic carbocycles. The molecule has 0 amide bonds. The van der Waals surface area contributed by atoms with Crippen molar-refractivity contribution in [2.45, 2.75) is 69.5 Å². The van der Waals surface area contributed by atoms with Crippen LogP contribution in [0.4, 0.5) is 0 Å². The van der Waals surface area contributed by atoms with Gasteiger partial charge in [0.05, 0.1) is 6.61 Å². The summed E-state index contributed by atoms with van der Waals surface area (Å²) in [5.41, 5.74) is 0. The van der Waals surface area contributed by atoms with Crippen molar-refractivity contribution >= 4 is 0 Å². The fraction of sp³-hybridized carbons (Fsp3) is 1.00. The minimum absolute atomic E-state index is 0.0882. The molecule has 6 heteroatoms. The van der Waals surface area contributed by atoms with Gasteiger partial charge in [-0.25, -0.2) is 0 Å². The lowest BCUT2D eigenvalue weighted by atomic mass is 10.0. The Morgan fingerprint density at radius 2 is 1.63 bits per heavy atom. The number of fused-ring (bicyclic) bond motifs is 6. The summed E-state index contributed by atoms with van der Waals surface area (Å²) in [7, 11) is 0. The number of hydrogen-bond acceptors (Lipinski definition) is 6. The fourth-order valence-electron chi connectivity index (χ4n) is 3.44. The molecule has 108 valence electrons. The molecule has 2 bridgehead atoms. The van der Waals surface area contributed by atoms with E-state index in [1.807, 2.05) is 27.7 Å². The predicted octanol–water partition coefficient (Wildman–Crippen LogP) is 0.783. The van der Waals surface area contributed by atoms with E-state index in [2.05, 4.69) is 0 Å². The van der Waals surface area contributed by atoms with Gasteiger partial charge >= 0.3 is 0 Å². The van der Waals surface area contributed by atoms with Crippen molar-refractivity contribution in [2.24, 2.45) is 0 Å². The second kappa shape index (κ2) is 3.50. The normalized spacial score (nSPS) is 53.7. The highest BCUT2D eigenvalue weighted by Gasteiger charge is 2.68. The van der Waals surface area contributed by atoms with Crippen LogP contribution < -0.4 is 0 Å². The zero-order valence-corrected chi connectivity index (χ0v) is 11.7. The van der Waals surface area contributed by atoms with Crippen LogP contribution in [0.5, 0.6) is 0 Å². The third-order valence-corrected chi connectivity index (χ3v) is 4.11. The molecule has 6 nitrogen and oxygen atoms in total. The Kier molecular flexibility index (Phi) is 2.30. The first kappa shape index (κ1) is 12.5. The summed E-state index contributed by atoms with van der Waals surface area (Å²) in [5.74, 6) is -2.12. The lowest BCUT2D eigenvalue weighted by molar-refractivity contribution is -0.344. The molecular weight excluding hydrogens is 252 g/mol. The molecular formula is C13H20O6. The van der Waals surface area contributed by atoms with Crippen molar-refractivity contribution in [3.05, 3.63) is 0 Å². The van der Waals surface area contributed by atoms with Gasteiger partial charge in [-0.05, 0) is 27.7 Å². The Labute approximate surface area is 112 Å². The first-order valence-corrected chi connectivity index (χ1v) is 6.80. The highest BCUT2D eigenvalue weighted by Crippen LogP contribution is 2.49. The predicted molar refractivity (Wildman–Crippen MR) is 62.3 cm³/mol. The fourth-order valence-corrected chi connectivity index (χ4v) is 3.44. The molecule has 4 saturated heterocycles. The lowest BCUT2D eigenvalue weighted by Gasteiger charge is -2.39. The SMILES string of the molecule is CC1(C)O[C@@H]2[C@H](O1)[C@H]1CO[C@@]3(COC(C)(C)O3)[C@H]2O1. The monoisotopic (exact) mass is 272 g/mol. The summed E-state index contributed by atoms with van der Waals surface area (Å²) in [5, 5.41) is 0. The van der Waals surface area contributed by atoms with Crippen LogP contribution in [0.2, 0.25) is 0 Å². The van der Waals surface area contributed by atoms with Crippen LogP contribution in [-0.2, 0) is 28.4 Å². The summed E-state index contributed by atoms with van der Waals surface area (Å²) in [6, 6.07) is 0. The van der Waals surface area contributed by atoms with E-state index >= 15 is 0 Å². The van der Waals surface area contributed by atoms with Crippen molar-refractivity contribution in [2.75, 3.05) is 13.2 Å². The van der Waals surface area contributed by atoms with Crippen LogP contribution in [0.3, 0.4) is 0 Å². The zero-order valence-electron chi connectivity index (χ0n) is 11.7. The van der Waals surface area contributed by atoms with Crippen LogP contribution in [0, 0.1) is 0 Å². The van der Waals surface area contributed by atoms with Gasteiger partial charge in [0.25, 0.3) is 0 Å². The molecule has 4 aliphatic heterocycles. The molecule has 0 radical (unpaired) electrons. The van der Waals surface area contributed by atoms with E-state index in [4.69, 9.17) is 28.4 Å². The Bertz CT molecular complexity index is 406. The standard InChI is InChI=1S/C13H20O6/c1-11(2)15-6-13(19-11)10-9-8(7(16-10)5-14-13)17-12(3,4)18-9/h7-10H,5-6H2,1-4H3/t7-,8-,9-,10+,13-/m1/s1. The number of ether oxygens (including phenoxy) is 6.